The van der Waals surface area contributed by atoms with Crippen molar-refractivity contribution in [3.63, 3.8) is 0 Å². The molecule has 2 heterocycles. The first-order valence-electron chi connectivity index (χ1n) is 4.22. The van der Waals surface area contributed by atoms with Crippen LogP contribution in [0.2, 0.25) is 0 Å². The van der Waals surface area contributed by atoms with Gasteiger partial charge >= 0.3 is 0 Å². The predicted octanol–water partition coefficient (Wildman–Crippen LogP) is 1.51. The molecule has 0 aliphatic heterocycles. The number of furan rings is 1. The standard InChI is InChI=1S/C10H11N2O/c11-4-6-12-5-3-9(8-12)10-2-1-7-13-10/h1-3,7-8H,4,6,11H2. The molecule has 13 heavy (non-hydrogen) atoms. The average Bonchev–Trinajstić information content (AvgIpc) is 2.70. The van der Waals surface area contributed by atoms with Gasteiger partial charge in [0.05, 0.1) is 12.5 Å². The normalized spacial score (nSPS) is 10.5. The fourth-order valence-electron chi connectivity index (χ4n) is 1.24. The van der Waals surface area contributed by atoms with Crippen molar-refractivity contribution in [3.8, 4) is 11.3 Å². The van der Waals surface area contributed by atoms with Crippen molar-refractivity contribution in [3.05, 3.63) is 36.9 Å². The lowest BCUT2D eigenvalue weighted by Crippen LogP contribution is -2.07. The van der Waals surface area contributed by atoms with Gasteiger partial charge in [-0.1, -0.05) is 0 Å². The molecule has 3 heteroatoms. The fraction of sp³-hybridized carbons (Fsp3) is 0.200. The molecule has 2 aromatic heterocycles. The smallest absolute Gasteiger partial charge is 0.135 e. The maximum atomic E-state index is 5.42. The fourth-order valence-corrected chi connectivity index (χ4v) is 1.24. The summed E-state index contributed by atoms with van der Waals surface area (Å²) >= 11 is 0. The summed E-state index contributed by atoms with van der Waals surface area (Å²) in [4.78, 5) is 0. The van der Waals surface area contributed by atoms with Crippen LogP contribution in [0.4, 0.5) is 0 Å². The number of aromatic nitrogens is 1. The Morgan fingerprint density at radius 3 is 3.15 bits per heavy atom. The lowest BCUT2D eigenvalue weighted by molar-refractivity contribution is 0.582. The number of nitrogens with two attached hydrogens (primary N) is 1. The van der Waals surface area contributed by atoms with Crippen LogP contribution in [0.1, 0.15) is 0 Å². The molecule has 0 amide bonds. The van der Waals surface area contributed by atoms with Gasteiger partial charge in [0.15, 0.2) is 0 Å². The molecule has 2 N–H and O–H groups in total. The molecule has 0 aromatic carbocycles. The maximum Gasteiger partial charge on any atom is 0.135 e. The van der Waals surface area contributed by atoms with E-state index in [1.165, 1.54) is 0 Å². The zero-order valence-electron chi connectivity index (χ0n) is 7.23. The van der Waals surface area contributed by atoms with E-state index < -0.39 is 0 Å². The van der Waals surface area contributed by atoms with Gasteiger partial charge in [-0.25, -0.2) is 0 Å². The van der Waals surface area contributed by atoms with Gasteiger partial charge in [0.1, 0.15) is 5.76 Å². The number of hydrogen-bond acceptors (Lipinski definition) is 2. The van der Waals surface area contributed by atoms with Gasteiger partial charge in [-0.3, -0.25) is 0 Å². The Bertz CT molecular complexity index is 362. The Morgan fingerprint density at radius 1 is 1.54 bits per heavy atom. The Balaban J connectivity index is 2.23. The highest BCUT2D eigenvalue weighted by Crippen LogP contribution is 2.19. The molecule has 0 aliphatic carbocycles. The zero-order valence-corrected chi connectivity index (χ0v) is 7.23. The molecule has 67 valence electrons. The summed E-state index contributed by atoms with van der Waals surface area (Å²) in [6, 6.07) is 5.69. The monoisotopic (exact) mass is 175 g/mol. The van der Waals surface area contributed by atoms with Crippen LogP contribution in [0.3, 0.4) is 0 Å². The van der Waals surface area contributed by atoms with Crippen LogP contribution in [-0.4, -0.2) is 11.1 Å². The molecular formula is C10H11N2O. The molecule has 0 unspecified atom stereocenters. The summed E-state index contributed by atoms with van der Waals surface area (Å²) in [6.07, 6.45) is 6.71. The Morgan fingerprint density at radius 2 is 2.46 bits per heavy atom. The summed E-state index contributed by atoms with van der Waals surface area (Å²) in [7, 11) is 0. The van der Waals surface area contributed by atoms with Crippen LogP contribution in [0.25, 0.3) is 11.3 Å². The van der Waals surface area contributed by atoms with Crippen LogP contribution in [0.15, 0.2) is 35.1 Å². The largest absolute Gasteiger partial charge is 0.464 e. The summed E-state index contributed by atoms with van der Waals surface area (Å²) in [5, 5.41) is 0. The van der Waals surface area contributed by atoms with Gasteiger partial charge in [0, 0.05) is 24.8 Å². The molecule has 2 aromatic rings. The van der Waals surface area contributed by atoms with Gasteiger partial charge in [0.25, 0.3) is 0 Å². The second-order valence-corrected chi connectivity index (χ2v) is 2.82. The molecular weight excluding hydrogens is 164 g/mol. The van der Waals surface area contributed by atoms with E-state index in [-0.39, 0.29) is 0 Å². The first-order valence-corrected chi connectivity index (χ1v) is 4.22. The second kappa shape index (κ2) is 3.49. The van der Waals surface area contributed by atoms with Crippen LogP contribution in [-0.2, 0) is 6.54 Å². The highest BCUT2D eigenvalue weighted by molar-refractivity contribution is 5.55. The van der Waals surface area contributed by atoms with Crippen LogP contribution >= 0.6 is 0 Å². The van der Waals surface area contributed by atoms with Crippen molar-refractivity contribution in [2.24, 2.45) is 5.73 Å². The second-order valence-electron chi connectivity index (χ2n) is 2.82. The minimum atomic E-state index is 0.628. The molecule has 0 bridgehead atoms. The topological polar surface area (TPSA) is 44.1 Å². The predicted molar refractivity (Wildman–Crippen MR) is 50.0 cm³/mol. The number of hydrogen-bond donors (Lipinski definition) is 1. The Hall–Kier alpha value is -1.48. The van der Waals surface area contributed by atoms with Gasteiger partial charge in [-0.15, -0.1) is 0 Å². The van der Waals surface area contributed by atoms with E-state index in [4.69, 9.17) is 10.2 Å². The molecule has 0 saturated heterocycles. The molecule has 2 rings (SSSR count). The summed E-state index contributed by atoms with van der Waals surface area (Å²) in [5.74, 6) is 0.868. The molecule has 0 atom stereocenters. The maximum absolute atomic E-state index is 5.42. The number of nitrogens with zero attached hydrogens (tertiary/aromatic N) is 1. The Kier molecular flexibility index (Phi) is 2.19. The highest BCUT2D eigenvalue weighted by Gasteiger charge is 2.01. The third-order valence-corrected chi connectivity index (χ3v) is 1.86. The van der Waals surface area contributed by atoms with Crippen LogP contribution < -0.4 is 5.73 Å². The van der Waals surface area contributed by atoms with E-state index in [0.29, 0.717) is 6.54 Å². The van der Waals surface area contributed by atoms with Crippen molar-refractivity contribution in [1.29, 1.82) is 0 Å². The zero-order chi connectivity index (χ0) is 9.10. The number of rotatable bonds is 3. The third kappa shape index (κ3) is 1.65. The summed E-state index contributed by atoms with van der Waals surface area (Å²) < 4.78 is 7.17. The third-order valence-electron chi connectivity index (χ3n) is 1.86. The van der Waals surface area contributed by atoms with E-state index in [9.17, 15) is 0 Å². The van der Waals surface area contributed by atoms with Gasteiger partial charge in [0.2, 0.25) is 0 Å². The Labute approximate surface area is 76.8 Å². The summed E-state index contributed by atoms with van der Waals surface area (Å²) in [5.41, 5.74) is 6.46. The van der Waals surface area contributed by atoms with Gasteiger partial charge in [-0.05, 0) is 18.2 Å². The van der Waals surface area contributed by atoms with E-state index >= 15 is 0 Å². The van der Waals surface area contributed by atoms with Crippen molar-refractivity contribution >= 4 is 0 Å². The van der Waals surface area contributed by atoms with E-state index in [1.54, 1.807) is 6.26 Å². The van der Waals surface area contributed by atoms with Gasteiger partial charge in [-0.2, -0.15) is 0 Å². The minimum Gasteiger partial charge on any atom is -0.464 e. The molecule has 0 spiro atoms. The summed E-state index contributed by atoms with van der Waals surface area (Å²) in [6.45, 7) is 1.42. The first kappa shape index (κ1) is 8.13. The quantitative estimate of drug-likeness (QED) is 0.768. The lowest BCUT2D eigenvalue weighted by Gasteiger charge is -1.95. The SMILES string of the molecule is NCCn1[c]cc(-c2ccco2)c1. The van der Waals surface area contributed by atoms with Crippen LogP contribution in [0, 0.1) is 6.20 Å². The van der Waals surface area contributed by atoms with E-state index in [0.717, 1.165) is 17.9 Å². The van der Waals surface area contributed by atoms with Crippen molar-refractivity contribution in [2.45, 2.75) is 6.54 Å². The van der Waals surface area contributed by atoms with Crippen molar-refractivity contribution < 1.29 is 4.42 Å². The van der Waals surface area contributed by atoms with Crippen LogP contribution in [0.5, 0.6) is 0 Å². The minimum absolute atomic E-state index is 0.628. The first-order chi connectivity index (χ1) is 6.40. The van der Waals surface area contributed by atoms with Gasteiger partial charge < -0.3 is 14.7 Å². The molecule has 0 fully saturated rings. The molecule has 0 saturated carbocycles. The highest BCUT2D eigenvalue weighted by atomic mass is 16.3. The molecule has 0 aliphatic rings. The molecule has 1 radical (unpaired) electrons. The van der Waals surface area contributed by atoms with Crippen molar-refractivity contribution in [1.82, 2.24) is 4.57 Å². The molecule has 3 nitrogen and oxygen atoms in total. The lowest BCUT2D eigenvalue weighted by atomic mass is 10.3. The average molecular weight is 175 g/mol. The van der Waals surface area contributed by atoms with E-state index in [1.807, 2.05) is 29.0 Å². The van der Waals surface area contributed by atoms with Crippen molar-refractivity contribution in [2.75, 3.05) is 6.54 Å². The van der Waals surface area contributed by atoms with E-state index in [2.05, 4.69) is 6.20 Å².